The lowest BCUT2D eigenvalue weighted by atomic mass is 9.95. The summed E-state index contributed by atoms with van der Waals surface area (Å²) in [4.78, 5) is 7.23. The lowest BCUT2D eigenvalue weighted by Crippen LogP contribution is -2.45. The molecule has 0 aromatic carbocycles. The third-order valence-electron chi connectivity index (χ3n) is 4.94. The number of imidazole rings is 1. The molecule has 4 heteroatoms. The zero-order valence-electron chi connectivity index (χ0n) is 12.9. The van der Waals surface area contributed by atoms with Gasteiger partial charge in [-0.15, -0.1) is 0 Å². The SMILES string of the molecule is Cc1cn(C2CCCCC2)c(N(C)C2CCCNC2)n1. The minimum atomic E-state index is 0.591. The maximum atomic E-state index is 4.82. The van der Waals surface area contributed by atoms with Crippen LogP contribution in [0.15, 0.2) is 6.20 Å². The average molecular weight is 276 g/mol. The molecule has 0 bridgehead atoms. The lowest BCUT2D eigenvalue weighted by Gasteiger charge is -2.34. The van der Waals surface area contributed by atoms with Crippen molar-refractivity contribution in [3.8, 4) is 0 Å². The Labute approximate surface area is 122 Å². The van der Waals surface area contributed by atoms with E-state index >= 15 is 0 Å². The summed E-state index contributed by atoms with van der Waals surface area (Å²) >= 11 is 0. The van der Waals surface area contributed by atoms with Crippen molar-refractivity contribution in [3.05, 3.63) is 11.9 Å². The van der Waals surface area contributed by atoms with E-state index in [9.17, 15) is 0 Å². The van der Waals surface area contributed by atoms with Gasteiger partial charge >= 0.3 is 0 Å². The van der Waals surface area contributed by atoms with Gasteiger partial charge in [-0.3, -0.25) is 0 Å². The number of anilines is 1. The van der Waals surface area contributed by atoms with E-state index in [1.165, 1.54) is 57.4 Å². The van der Waals surface area contributed by atoms with Gasteiger partial charge in [-0.1, -0.05) is 19.3 Å². The molecule has 0 spiro atoms. The highest BCUT2D eigenvalue weighted by atomic mass is 15.3. The number of nitrogens with zero attached hydrogens (tertiary/aromatic N) is 3. The fourth-order valence-corrected chi connectivity index (χ4v) is 3.72. The van der Waals surface area contributed by atoms with E-state index in [0.29, 0.717) is 12.1 Å². The van der Waals surface area contributed by atoms with Crippen LogP contribution in [0.3, 0.4) is 0 Å². The molecule has 112 valence electrons. The Morgan fingerprint density at radius 2 is 2.00 bits per heavy atom. The zero-order valence-corrected chi connectivity index (χ0v) is 12.9. The summed E-state index contributed by atoms with van der Waals surface area (Å²) in [5.74, 6) is 1.18. The van der Waals surface area contributed by atoms with Gasteiger partial charge in [0.05, 0.1) is 5.69 Å². The van der Waals surface area contributed by atoms with Crippen LogP contribution in [0, 0.1) is 6.92 Å². The van der Waals surface area contributed by atoms with E-state index in [4.69, 9.17) is 4.98 Å². The number of likely N-dealkylation sites (N-methyl/N-ethyl adjacent to an activating group) is 1. The lowest BCUT2D eigenvalue weighted by molar-refractivity contribution is 0.349. The van der Waals surface area contributed by atoms with Gasteiger partial charge in [0.25, 0.3) is 0 Å². The first-order valence-corrected chi connectivity index (χ1v) is 8.25. The van der Waals surface area contributed by atoms with Crippen LogP contribution >= 0.6 is 0 Å². The van der Waals surface area contributed by atoms with Gasteiger partial charge in [0.15, 0.2) is 0 Å². The first kappa shape index (κ1) is 13.9. The summed E-state index contributed by atoms with van der Waals surface area (Å²) in [6, 6.07) is 1.26. The monoisotopic (exact) mass is 276 g/mol. The molecule has 2 heterocycles. The third-order valence-corrected chi connectivity index (χ3v) is 4.94. The van der Waals surface area contributed by atoms with Gasteiger partial charge in [-0.05, 0) is 39.2 Å². The van der Waals surface area contributed by atoms with Crippen molar-refractivity contribution in [3.63, 3.8) is 0 Å². The van der Waals surface area contributed by atoms with Crippen molar-refractivity contribution >= 4 is 5.95 Å². The van der Waals surface area contributed by atoms with Crippen LogP contribution in [0.4, 0.5) is 5.95 Å². The fourth-order valence-electron chi connectivity index (χ4n) is 3.72. The van der Waals surface area contributed by atoms with Crippen molar-refractivity contribution in [2.75, 3.05) is 25.0 Å². The Bertz CT molecular complexity index is 428. The number of rotatable bonds is 3. The number of hydrogen-bond acceptors (Lipinski definition) is 3. The second kappa shape index (κ2) is 6.17. The van der Waals surface area contributed by atoms with Crippen LogP contribution < -0.4 is 10.2 Å². The molecule has 1 aromatic rings. The number of piperidine rings is 1. The summed E-state index contributed by atoms with van der Waals surface area (Å²) in [5, 5.41) is 3.51. The minimum Gasteiger partial charge on any atom is -0.341 e. The summed E-state index contributed by atoms with van der Waals surface area (Å²) in [6.45, 7) is 4.38. The topological polar surface area (TPSA) is 33.1 Å². The Kier molecular flexibility index (Phi) is 4.29. The molecule has 0 radical (unpaired) electrons. The molecule has 1 saturated heterocycles. The molecule has 2 fully saturated rings. The number of hydrogen-bond donors (Lipinski definition) is 1. The van der Waals surface area contributed by atoms with E-state index in [0.717, 1.165) is 12.2 Å². The van der Waals surface area contributed by atoms with Crippen molar-refractivity contribution < 1.29 is 0 Å². The standard InChI is InChI=1S/C16H28N4/c1-13-12-20(14-7-4-3-5-8-14)16(18-13)19(2)15-9-6-10-17-11-15/h12,14-15,17H,3-11H2,1-2H3. The van der Waals surface area contributed by atoms with Crippen molar-refractivity contribution in [2.24, 2.45) is 0 Å². The zero-order chi connectivity index (χ0) is 13.9. The predicted molar refractivity (Wildman–Crippen MR) is 83.4 cm³/mol. The molecule has 4 nitrogen and oxygen atoms in total. The second-order valence-corrected chi connectivity index (χ2v) is 6.49. The number of aryl methyl sites for hydroxylation is 1. The Morgan fingerprint density at radius 3 is 2.70 bits per heavy atom. The molecule has 20 heavy (non-hydrogen) atoms. The van der Waals surface area contributed by atoms with Crippen LogP contribution in [-0.4, -0.2) is 35.7 Å². The van der Waals surface area contributed by atoms with Crippen molar-refractivity contribution in [1.82, 2.24) is 14.9 Å². The highest BCUT2D eigenvalue weighted by Gasteiger charge is 2.25. The van der Waals surface area contributed by atoms with Crippen molar-refractivity contribution in [1.29, 1.82) is 0 Å². The van der Waals surface area contributed by atoms with Crippen LogP contribution in [0.25, 0.3) is 0 Å². The summed E-state index contributed by atoms with van der Waals surface area (Å²) in [5.41, 5.74) is 1.15. The van der Waals surface area contributed by atoms with E-state index in [2.05, 4.69) is 35.0 Å². The summed E-state index contributed by atoms with van der Waals surface area (Å²) in [7, 11) is 2.22. The van der Waals surface area contributed by atoms with Gasteiger partial charge in [0.1, 0.15) is 0 Å². The summed E-state index contributed by atoms with van der Waals surface area (Å²) in [6.07, 6.45) is 11.6. The Balaban J connectivity index is 1.80. The molecule has 1 aliphatic heterocycles. The molecule has 1 aromatic heterocycles. The van der Waals surface area contributed by atoms with Gasteiger partial charge in [-0.2, -0.15) is 0 Å². The fraction of sp³-hybridized carbons (Fsp3) is 0.812. The third kappa shape index (κ3) is 2.85. The molecule has 1 N–H and O–H groups in total. The molecule has 1 saturated carbocycles. The molecule has 1 unspecified atom stereocenters. The molecule has 3 rings (SSSR count). The maximum Gasteiger partial charge on any atom is 0.206 e. The normalized spacial score (nSPS) is 24.8. The molecule has 1 aliphatic carbocycles. The van der Waals surface area contributed by atoms with Crippen LogP contribution in [0.5, 0.6) is 0 Å². The smallest absolute Gasteiger partial charge is 0.206 e. The van der Waals surface area contributed by atoms with Crippen LogP contribution in [0.1, 0.15) is 56.7 Å². The first-order valence-electron chi connectivity index (χ1n) is 8.25. The average Bonchev–Trinajstić information content (AvgIpc) is 2.90. The predicted octanol–water partition coefficient (Wildman–Crippen LogP) is 2.88. The maximum absolute atomic E-state index is 4.82. The van der Waals surface area contributed by atoms with E-state index < -0.39 is 0 Å². The molecule has 1 atom stereocenters. The van der Waals surface area contributed by atoms with Crippen LogP contribution in [0.2, 0.25) is 0 Å². The molecule has 2 aliphatic rings. The van der Waals surface area contributed by atoms with Gasteiger partial charge in [0, 0.05) is 31.9 Å². The first-order chi connectivity index (χ1) is 9.75. The Morgan fingerprint density at radius 1 is 1.20 bits per heavy atom. The largest absolute Gasteiger partial charge is 0.341 e. The number of nitrogens with one attached hydrogen (secondary N) is 1. The minimum absolute atomic E-state index is 0.591. The molecule has 0 amide bonds. The van der Waals surface area contributed by atoms with Gasteiger partial charge in [-0.25, -0.2) is 4.98 Å². The number of aromatic nitrogens is 2. The van der Waals surface area contributed by atoms with E-state index in [1.807, 2.05) is 0 Å². The Hall–Kier alpha value is -1.03. The van der Waals surface area contributed by atoms with Crippen LogP contribution in [-0.2, 0) is 0 Å². The van der Waals surface area contributed by atoms with Gasteiger partial charge < -0.3 is 14.8 Å². The van der Waals surface area contributed by atoms with Gasteiger partial charge in [0.2, 0.25) is 5.95 Å². The quantitative estimate of drug-likeness (QED) is 0.921. The van der Waals surface area contributed by atoms with Crippen molar-refractivity contribution in [2.45, 2.75) is 64.0 Å². The highest BCUT2D eigenvalue weighted by Crippen LogP contribution is 2.32. The van der Waals surface area contributed by atoms with E-state index in [-0.39, 0.29) is 0 Å². The summed E-state index contributed by atoms with van der Waals surface area (Å²) < 4.78 is 2.46. The molecular weight excluding hydrogens is 248 g/mol. The second-order valence-electron chi connectivity index (χ2n) is 6.49. The molecular formula is C16H28N4. The van der Waals surface area contributed by atoms with E-state index in [1.54, 1.807) is 0 Å². The highest BCUT2D eigenvalue weighted by molar-refractivity contribution is 5.35.